The molecule has 0 radical (unpaired) electrons. The maximum atomic E-state index is 9.81. The molecule has 0 heterocycles. The van der Waals surface area contributed by atoms with Crippen LogP contribution < -0.4 is 5.32 Å². The van der Waals surface area contributed by atoms with Crippen molar-refractivity contribution in [2.75, 3.05) is 46.7 Å². The first-order valence-electron chi connectivity index (χ1n) is 4.23. The smallest absolute Gasteiger partial charge is 0.207 e. The molecule has 0 saturated heterocycles. The molecule has 5 heteroatoms. The lowest BCUT2D eigenvalue weighted by atomic mass is 10.6. The zero-order valence-electron chi connectivity index (χ0n) is 7.95. The molecular weight excluding hydrogens is 174 g/mol. The van der Waals surface area contributed by atoms with E-state index in [0.29, 0.717) is 46.0 Å². The minimum atomic E-state index is 0.520. The standard InChI is InChI=1S/C8H17NO4/c1-11-4-5-13-7-6-12-3-2-9-8-10/h8H,2-7H2,1H3,(H,9,10). The van der Waals surface area contributed by atoms with Crippen molar-refractivity contribution >= 4 is 6.41 Å². The van der Waals surface area contributed by atoms with Crippen LogP contribution in [0.3, 0.4) is 0 Å². The van der Waals surface area contributed by atoms with Gasteiger partial charge in [0.1, 0.15) is 0 Å². The predicted molar refractivity (Wildman–Crippen MR) is 47.6 cm³/mol. The van der Waals surface area contributed by atoms with Crippen molar-refractivity contribution in [1.82, 2.24) is 5.32 Å². The molecule has 13 heavy (non-hydrogen) atoms. The molecule has 0 spiro atoms. The number of rotatable bonds is 10. The molecule has 0 bridgehead atoms. The Balaban J connectivity index is 2.79. The summed E-state index contributed by atoms with van der Waals surface area (Å²) < 4.78 is 15.1. The first kappa shape index (κ1) is 12.3. The van der Waals surface area contributed by atoms with Gasteiger partial charge in [-0.25, -0.2) is 0 Å². The molecule has 0 atom stereocenters. The van der Waals surface area contributed by atoms with Gasteiger partial charge >= 0.3 is 0 Å². The van der Waals surface area contributed by atoms with Gasteiger partial charge in [0.25, 0.3) is 0 Å². The first-order chi connectivity index (χ1) is 6.41. The SMILES string of the molecule is COCCOCCOCCNC=O. The maximum absolute atomic E-state index is 9.81. The van der Waals surface area contributed by atoms with Crippen LogP contribution in [-0.2, 0) is 19.0 Å². The third-order valence-electron chi connectivity index (χ3n) is 1.28. The van der Waals surface area contributed by atoms with Crippen LogP contribution in [-0.4, -0.2) is 53.1 Å². The van der Waals surface area contributed by atoms with Gasteiger partial charge in [-0.1, -0.05) is 0 Å². The van der Waals surface area contributed by atoms with Gasteiger partial charge in [0, 0.05) is 13.7 Å². The predicted octanol–water partition coefficient (Wildman–Crippen LogP) is -0.588. The van der Waals surface area contributed by atoms with Crippen molar-refractivity contribution < 1.29 is 19.0 Å². The second-order valence-corrected chi connectivity index (χ2v) is 2.29. The Bertz CT molecular complexity index is 110. The molecule has 1 N–H and O–H groups in total. The molecule has 0 saturated carbocycles. The van der Waals surface area contributed by atoms with Gasteiger partial charge in [0.15, 0.2) is 0 Å². The molecule has 0 aromatic carbocycles. The Morgan fingerprint density at radius 2 is 1.69 bits per heavy atom. The summed E-state index contributed by atoms with van der Waals surface area (Å²) in [4.78, 5) is 9.81. The fraction of sp³-hybridized carbons (Fsp3) is 0.875. The van der Waals surface area contributed by atoms with E-state index in [4.69, 9.17) is 14.2 Å². The summed E-state index contributed by atoms with van der Waals surface area (Å²) in [6.45, 7) is 3.36. The highest BCUT2D eigenvalue weighted by Gasteiger charge is 1.89. The second-order valence-electron chi connectivity index (χ2n) is 2.29. The molecule has 0 aromatic heterocycles. The zero-order chi connectivity index (χ0) is 9.78. The Hall–Kier alpha value is -0.650. The number of amides is 1. The highest BCUT2D eigenvalue weighted by Crippen LogP contribution is 1.78. The second kappa shape index (κ2) is 11.4. The summed E-state index contributed by atoms with van der Waals surface area (Å²) in [5.74, 6) is 0. The highest BCUT2D eigenvalue weighted by atomic mass is 16.5. The summed E-state index contributed by atoms with van der Waals surface area (Å²) in [7, 11) is 1.63. The summed E-state index contributed by atoms with van der Waals surface area (Å²) >= 11 is 0. The van der Waals surface area contributed by atoms with Gasteiger partial charge in [0.05, 0.1) is 33.0 Å². The van der Waals surface area contributed by atoms with Crippen LogP contribution in [0.1, 0.15) is 0 Å². The normalized spacial score (nSPS) is 9.92. The van der Waals surface area contributed by atoms with Gasteiger partial charge in [-0.05, 0) is 0 Å². The van der Waals surface area contributed by atoms with E-state index in [2.05, 4.69) is 5.32 Å². The van der Waals surface area contributed by atoms with Crippen molar-refractivity contribution in [1.29, 1.82) is 0 Å². The van der Waals surface area contributed by atoms with E-state index in [0.717, 1.165) is 0 Å². The highest BCUT2D eigenvalue weighted by molar-refractivity contribution is 5.45. The van der Waals surface area contributed by atoms with Gasteiger partial charge in [-0.3, -0.25) is 4.79 Å². The van der Waals surface area contributed by atoms with Crippen LogP contribution in [0.25, 0.3) is 0 Å². The van der Waals surface area contributed by atoms with Crippen LogP contribution in [0.5, 0.6) is 0 Å². The molecule has 0 aliphatic heterocycles. The van der Waals surface area contributed by atoms with E-state index >= 15 is 0 Å². The van der Waals surface area contributed by atoms with Gasteiger partial charge in [0.2, 0.25) is 6.41 Å². The third-order valence-corrected chi connectivity index (χ3v) is 1.28. The Morgan fingerprint density at radius 3 is 2.31 bits per heavy atom. The summed E-state index contributed by atoms with van der Waals surface area (Å²) in [5, 5.41) is 2.49. The molecular formula is C8H17NO4. The van der Waals surface area contributed by atoms with E-state index in [9.17, 15) is 4.79 Å². The zero-order valence-corrected chi connectivity index (χ0v) is 7.95. The fourth-order valence-electron chi connectivity index (χ4n) is 0.654. The van der Waals surface area contributed by atoms with E-state index in [1.807, 2.05) is 0 Å². The molecule has 0 fully saturated rings. The fourth-order valence-corrected chi connectivity index (χ4v) is 0.654. The lowest BCUT2D eigenvalue weighted by Crippen LogP contribution is -2.19. The van der Waals surface area contributed by atoms with Crippen molar-refractivity contribution in [3.8, 4) is 0 Å². The van der Waals surface area contributed by atoms with Crippen LogP contribution in [0.15, 0.2) is 0 Å². The Morgan fingerprint density at radius 1 is 1.08 bits per heavy atom. The number of hydrogen-bond donors (Lipinski definition) is 1. The van der Waals surface area contributed by atoms with Crippen molar-refractivity contribution in [2.45, 2.75) is 0 Å². The molecule has 0 rings (SSSR count). The van der Waals surface area contributed by atoms with E-state index in [1.165, 1.54) is 0 Å². The van der Waals surface area contributed by atoms with Gasteiger partial charge < -0.3 is 19.5 Å². The lowest BCUT2D eigenvalue weighted by Gasteiger charge is -2.04. The number of ether oxygens (including phenoxy) is 3. The minimum absolute atomic E-state index is 0.520. The van der Waals surface area contributed by atoms with Crippen LogP contribution in [0.4, 0.5) is 0 Å². The summed E-state index contributed by atoms with van der Waals surface area (Å²) in [5.41, 5.74) is 0. The molecule has 0 aliphatic rings. The minimum Gasteiger partial charge on any atom is -0.382 e. The topological polar surface area (TPSA) is 56.8 Å². The van der Waals surface area contributed by atoms with E-state index < -0.39 is 0 Å². The molecule has 0 aliphatic carbocycles. The van der Waals surface area contributed by atoms with Crippen molar-refractivity contribution in [3.63, 3.8) is 0 Å². The van der Waals surface area contributed by atoms with Crippen molar-refractivity contribution in [3.05, 3.63) is 0 Å². The Kier molecular flexibility index (Phi) is 10.8. The lowest BCUT2D eigenvalue weighted by molar-refractivity contribution is -0.109. The first-order valence-corrected chi connectivity index (χ1v) is 4.23. The number of methoxy groups -OCH3 is 1. The number of hydrogen-bond acceptors (Lipinski definition) is 4. The average Bonchev–Trinajstić information content (AvgIpc) is 2.16. The number of nitrogens with one attached hydrogen (secondary N) is 1. The number of carbonyl (C=O) groups is 1. The molecule has 78 valence electrons. The molecule has 1 amide bonds. The van der Waals surface area contributed by atoms with E-state index in [1.54, 1.807) is 7.11 Å². The van der Waals surface area contributed by atoms with E-state index in [-0.39, 0.29) is 0 Å². The molecule has 0 unspecified atom stereocenters. The number of carbonyl (C=O) groups excluding carboxylic acids is 1. The molecule has 5 nitrogen and oxygen atoms in total. The summed E-state index contributed by atoms with van der Waals surface area (Å²) in [6, 6.07) is 0. The van der Waals surface area contributed by atoms with Crippen LogP contribution >= 0.6 is 0 Å². The summed E-state index contributed by atoms with van der Waals surface area (Å²) in [6.07, 6.45) is 0.651. The monoisotopic (exact) mass is 191 g/mol. The maximum Gasteiger partial charge on any atom is 0.207 e. The van der Waals surface area contributed by atoms with Crippen LogP contribution in [0, 0.1) is 0 Å². The largest absolute Gasteiger partial charge is 0.382 e. The van der Waals surface area contributed by atoms with Gasteiger partial charge in [-0.15, -0.1) is 0 Å². The van der Waals surface area contributed by atoms with Gasteiger partial charge in [-0.2, -0.15) is 0 Å². The van der Waals surface area contributed by atoms with Crippen LogP contribution in [0.2, 0.25) is 0 Å². The quantitative estimate of drug-likeness (QED) is 0.370. The molecule has 0 aromatic rings. The van der Waals surface area contributed by atoms with Crippen molar-refractivity contribution in [2.24, 2.45) is 0 Å². The third kappa shape index (κ3) is 11.3. The Labute approximate surface area is 78.3 Å². The average molecular weight is 191 g/mol.